The third-order valence-corrected chi connectivity index (χ3v) is 3.53. The molecule has 2 aromatic rings. The van der Waals surface area contributed by atoms with E-state index >= 15 is 0 Å². The number of ether oxygens (including phenoxy) is 1. The predicted octanol–water partition coefficient (Wildman–Crippen LogP) is 4.68. The van der Waals surface area contributed by atoms with Crippen LogP contribution >= 0.6 is 0 Å². The minimum Gasteiger partial charge on any atom is -0.497 e. The number of methoxy groups -OCH3 is 1. The first kappa shape index (κ1) is 14.6. The highest BCUT2D eigenvalue weighted by Gasteiger charge is 2.00. The van der Waals surface area contributed by atoms with Gasteiger partial charge in [0.15, 0.2) is 0 Å². The standard InChI is InChI=1S/C19H24O/c1-15(2)14-18-8-6-16(7-9-18)4-5-17-10-12-19(20-3)13-11-17/h6-13,15H,4-5,14H2,1-3H3. The largest absolute Gasteiger partial charge is 0.497 e. The van der Waals surface area contributed by atoms with Gasteiger partial charge in [-0.3, -0.25) is 0 Å². The molecule has 0 aliphatic heterocycles. The lowest BCUT2D eigenvalue weighted by molar-refractivity contribution is 0.414. The van der Waals surface area contributed by atoms with E-state index in [1.165, 1.54) is 23.1 Å². The Morgan fingerprint density at radius 3 is 1.65 bits per heavy atom. The van der Waals surface area contributed by atoms with Gasteiger partial charge in [0.05, 0.1) is 7.11 Å². The molecule has 0 unspecified atom stereocenters. The van der Waals surface area contributed by atoms with Crippen molar-refractivity contribution in [3.63, 3.8) is 0 Å². The Kier molecular flexibility index (Phi) is 5.23. The Bertz CT molecular complexity index is 508. The van der Waals surface area contributed by atoms with Crippen LogP contribution in [-0.2, 0) is 19.3 Å². The molecule has 0 aliphatic rings. The first-order valence-corrected chi connectivity index (χ1v) is 7.38. The van der Waals surface area contributed by atoms with Gasteiger partial charge in [-0.2, -0.15) is 0 Å². The molecule has 0 N–H and O–H groups in total. The fraction of sp³-hybridized carbons (Fsp3) is 0.368. The van der Waals surface area contributed by atoms with Crippen LogP contribution in [0.25, 0.3) is 0 Å². The molecule has 0 heterocycles. The third-order valence-electron chi connectivity index (χ3n) is 3.53. The summed E-state index contributed by atoms with van der Waals surface area (Å²) in [7, 11) is 1.70. The summed E-state index contributed by atoms with van der Waals surface area (Å²) < 4.78 is 5.18. The Morgan fingerprint density at radius 2 is 1.20 bits per heavy atom. The molecule has 106 valence electrons. The van der Waals surface area contributed by atoms with Crippen LogP contribution in [0.4, 0.5) is 0 Å². The fourth-order valence-electron chi connectivity index (χ4n) is 2.39. The number of rotatable bonds is 6. The zero-order valence-electron chi connectivity index (χ0n) is 12.7. The summed E-state index contributed by atoms with van der Waals surface area (Å²) in [5.74, 6) is 1.65. The van der Waals surface area contributed by atoms with E-state index in [1.807, 2.05) is 12.1 Å². The molecule has 0 fully saturated rings. The van der Waals surface area contributed by atoms with E-state index in [9.17, 15) is 0 Å². The van der Waals surface area contributed by atoms with Crippen LogP contribution in [-0.4, -0.2) is 7.11 Å². The van der Waals surface area contributed by atoms with Crippen molar-refractivity contribution in [2.45, 2.75) is 33.1 Å². The maximum absolute atomic E-state index is 5.18. The molecule has 0 aromatic heterocycles. The molecule has 1 nitrogen and oxygen atoms in total. The Labute approximate surface area is 122 Å². The fourth-order valence-corrected chi connectivity index (χ4v) is 2.39. The normalized spacial score (nSPS) is 10.8. The van der Waals surface area contributed by atoms with Gasteiger partial charge >= 0.3 is 0 Å². The van der Waals surface area contributed by atoms with Gasteiger partial charge < -0.3 is 4.74 Å². The lowest BCUT2D eigenvalue weighted by atomic mass is 9.99. The smallest absolute Gasteiger partial charge is 0.118 e. The van der Waals surface area contributed by atoms with E-state index in [1.54, 1.807) is 7.11 Å². The van der Waals surface area contributed by atoms with Crippen molar-refractivity contribution in [1.82, 2.24) is 0 Å². The van der Waals surface area contributed by atoms with Crippen LogP contribution in [0.3, 0.4) is 0 Å². The van der Waals surface area contributed by atoms with Gasteiger partial charge in [0.2, 0.25) is 0 Å². The van der Waals surface area contributed by atoms with E-state index in [2.05, 4.69) is 50.2 Å². The van der Waals surface area contributed by atoms with E-state index < -0.39 is 0 Å². The topological polar surface area (TPSA) is 9.23 Å². The van der Waals surface area contributed by atoms with Crippen LogP contribution in [0, 0.1) is 5.92 Å². The summed E-state index contributed by atoms with van der Waals surface area (Å²) >= 11 is 0. The second kappa shape index (κ2) is 7.14. The Balaban J connectivity index is 1.89. The molecule has 0 amide bonds. The molecule has 0 bridgehead atoms. The van der Waals surface area contributed by atoms with Gasteiger partial charge in [-0.25, -0.2) is 0 Å². The minimum atomic E-state index is 0.722. The van der Waals surface area contributed by atoms with Crippen molar-refractivity contribution in [2.24, 2.45) is 5.92 Å². The summed E-state index contributed by atoms with van der Waals surface area (Å²) in [4.78, 5) is 0. The van der Waals surface area contributed by atoms with Crippen molar-refractivity contribution < 1.29 is 4.74 Å². The summed E-state index contributed by atoms with van der Waals surface area (Å²) in [6.45, 7) is 4.52. The first-order valence-electron chi connectivity index (χ1n) is 7.38. The van der Waals surface area contributed by atoms with E-state index in [0.717, 1.165) is 24.5 Å². The quantitative estimate of drug-likeness (QED) is 0.739. The molecule has 0 spiro atoms. The molecule has 20 heavy (non-hydrogen) atoms. The lowest BCUT2D eigenvalue weighted by Crippen LogP contribution is -1.95. The van der Waals surface area contributed by atoms with Crippen LogP contribution in [0.1, 0.15) is 30.5 Å². The van der Waals surface area contributed by atoms with Crippen molar-refractivity contribution in [2.75, 3.05) is 7.11 Å². The number of hydrogen-bond acceptors (Lipinski definition) is 1. The number of hydrogen-bond donors (Lipinski definition) is 0. The lowest BCUT2D eigenvalue weighted by Gasteiger charge is -2.07. The molecule has 0 atom stereocenters. The zero-order valence-corrected chi connectivity index (χ0v) is 12.7. The Hall–Kier alpha value is -1.76. The first-order chi connectivity index (χ1) is 9.67. The highest BCUT2D eigenvalue weighted by molar-refractivity contribution is 5.29. The molecule has 1 heteroatoms. The maximum Gasteiger partial charge on any atom is 0.118 e. The monoisotopic (exact) mass is 268 g/mol. The second-order valence-electron chi connectivity index (χ2n) is 5.76. The Morgan fingerprint density at radius 1 is 0.750 bits per heavy atom. The highest BCUT2D eigenvalue weighted by atomic mass is 16.5. The number of aryl methyl sites for hydroxylation is 2. The van der Waals surface area contributed by atoms with Crippen molar-refractivity contribution in [3.05, 3.63) is 65.2 Å². The highest BCUT2D eigenvalue weighted by Crippen LogP contribution is 2.15. The van der Waals surface area contributed by atoms with E-state index in [-0.39, 0.29) is 0 Å². The van der Waals surface area contributed by atoms with Crippen LogP contribution in [0.2, 0.25) is 0 Å². The van der Waals surface area contributed by atoms with Gasteiger partial charge in [-0.05, 0) is 54.0 Å². The summed E-state index contributed by atoms with van der Waals surface area (Å²) in [6, 6.07) is 17.4. The van der Waals surface area contributed by atoms with Gasteiger partial charge in [-0.15, -0.1) is 0 Å². The zero-order chi connectivity index (χ0) is 14.4. The van der Waals surface area contributed by atoms with Crippen LogP contribution in [0.15, 0.2) is 48.5 Å². The predicted molar refractivity (Wildman–Crippen MR) is 85.4 cm³/mol. The van der Waals surface area contributed by atoms with E-state index in [4.69, 9.17) is 4.74 Å². The molecular formula is C19H24O. The van der Waals surface area contributed by atoms with Crippen LogP contribution in [0.5, 0.6) is 5.75 Å². The van der Waals surface area contributed by atoms with Gasteiger partial charge in [0.25, 0.3) is 0 Å². The van der Waals surface area contributed by atoms with E-state index in [0.29, 0.717) is 0 Å². The molecular weight excluding hydrogens is 244 g/mol. The molecule has 0 saturated carbocycles. The summed E-state index contributed by atoms with van der Waals surface area (Å²) in [6.07, 6.45) is 3.33. The molecule has 2 aromatic carbocycles. The number of benzene rings is 2. The van der Waals surface area contributed by atoms with Crippen molar-refractivity contribution in [1.29, 1.82) is 0 Å². The van der Waals surface area contributed by atoms with Gasteiger partial charge in [0, 0.05) is 0 Å². The average molecular weight is 268 g/mol. The van der Waals surface area contributed by atoms with Crippen molar-refractivity contribution >= 4 is 0 Å². The summed E-state index contributed by atoms with van der Waals surface area (Å²) in [5.41, 5.74) is 4.21. The van der Waals surface area contributed by atoms with Crippen LogP contribution < -0.4 is 4.74 Å². The average Bonchev–Trinajstić information content (AvgIpc) is 2.46. The summed E-state index contributed by atoms with van der Waals surface area (Å²) in [5, 5.41) is 0. The molecule has 0 saturated heterocycles. The second-order valence-corrected chi connectivity index (χ2v) is 5.76. The van der Waals surface area contributed by atoms with Crippen molar-refractivity contribution in [3.8, 4) is 5.75 Å². The van der Waals surface area contributed by atoms with Gasteiger partial charge in [-0.1, -0.05) is 50.2 Å². The molecule has 0 aliphatic carbocycles. The molecule has 2 rings (SSSR count). The maximum atomic E-state index is 5.18. The minimum absolute atomic E-state index is 0.722. The van der Waals surface area contributed by atoms with Gasteiger partial charge in [0.1, 0.15) is 5.75 Å². The third kappa shape index (κ3) is 4.41. The SMILES string of the molecule is COc1ccc(CCc2ccc(CC(C)C)cc2)cc1. The molecule has 0 radical (unpaired) electrons.